The zero-order valence-electron chi connectivity index (χ0n) is 1.30. The normalized spacial score (nSPS) is 1.75. The van der Waals surface area contributed by atoms with Gasteiger partial charge < -0.3 is 5.21 Å². The van der Waals surface area contributed by atoms with Crippen LogP contribution in [0.5, 0.6) is 0 Å². The van der Waals surface area contributed by atoms with Crippen LogP contribution in [0.2, 0.25) is 0 Å². The Balaban J connectivity index is 0. The van der Waals surface area contributed by atoms with Gasteiger partial charge in [0.15, 0.2) is 0 Å². The number of hydrogen-bond donors (Lipinski definition) is 0. The molecule has 0 N–H and O–H groups in total. The van der Waals surface area contributed by atoms with E-state index in [1.165, 1.54) is 5.14 Å². The van der Waals surface area contributed by atoms with Crippen molar-refractivity contribution in [3.8, 4) is 0 Å². The molecule has 0 saturated carbocycles. The summed E-state index contributed by atoms with van der Waals surface area (Å²) in [7, 11) is 0. The number of nitrogens with zero attached hydrogens (tertiary/aromatic N) is 2. The summed E-state index contributed by atoms with van der Waals surface area (Å²) in [6, 6.07) is 0. The molecule has 0 aromatic carbocycles. The molecule has 4 heavy (non-hydrogen) atoms. The van der Waals surface area contributed by atoms with Gasteiger partial charge in [0.2, 0.25) is 10.5 Å². The molecule has 0 aliphatic carbocycles. The fourth-order valence-corrected chi connectivity index (χ4v) is 0. The molecule has 0 heterocycles. The van der Waals surface area contributed by atoms with Gasteiger partial charge in [0, 0.05) is 0 Å². The van der Waals surface area contributed by atoms with Gasteiger partial charge in [-0.3, -0.25) is 0 Å². The van der Waals surface area contributed by atoms with Crippen LogP contribution >= 0.6 is 0 Å². The van der Waals surface area contributed by atoms with E-state index in [1.54, 1.807) is 0 Å². The standard InChI is InChI=1S/Ca.N2O.2H/c;1-2-3;;. The number of rotatable bonds is 0. The molecule has 0 rings (SSSR count). The van der Waals surface area contributed by atoms with Crippen molar-refractivity contribution in [1.82, 2.24) is 0 Å². The molecule has 0 saturated heterocycles. The van der Waals surface area contributed by atoms with E-state index < -0.39 is 0 Å². The van der Waals surface area contributed by atoms with E-state index in [0.717, 1.165) is 0 Å². The van der Waals surface area contributed by atoms with Gasteiger partial charge in [-0.25, -0.2) is 0 Å². The zero-order valence-corrected chi connectivity index (χ0v) is 1.30. The van der Waals surface area contributed by atoms with Crippen molar-refractivity contribution in [1.29, 1.82) is 5.39 Å². The summed E-state index contributed by atoms with van der Waals surface area (Å²) in [5.41, 5.74) is 0. The van der Waals surface area contributed by atoms with E-state index in [0.29, 0.717) is 0 Å². The van der Waals surface area contributed by atoms with Gasteiger partial charge >= 0.3 is 37.7 Å². The zero-order chi connectivity index (χ0) is 2.71. The molecule has 0 aliphatic heterocycles. The Kier molecular flexibility index (Phi) is 21.6. The minimum absolute atomic E-state index is 0. The summed E-state index contributed by atoms with van der Waals surface area (Å²) in [6.07, 6.45) is 0. The van der Waals surface area contributed by atoms with Crippen LogP contribution in [0.3, 0.4) is 0 Å². The predicted octanol–water partition coefficient (Wildman–Crippen LogP) is -0.579. The van der Waals surface area contributed by atoms with E-state index in [9.17, 15) is 0 Å². The van der Waals surface area contributed by atoms with Crippen molar-refractivity contribution >= 4 is 37.7 Å². The average molecular weight is 86.1 g/mol. The topological polar surface area (TPSA) is 51.2 Å². The monoisotopic (exact) mass is 86.0 g/mol. The van der Waals surface area contributed by atoms with Crippen molar-refractivity contribution in [3.05, 3.63) is 10.3 Å². The third-order valence-electron chi connectivity index (χ3n) is 0. The molecule has 0 bridgehead atoms. The second-order valence-electron chi connectivity index (χ2n) is 0.0816. The second-order valence-corrected chi connectivity index (χ2v) is 0.0816. The van der Waals surface area contributed by atoms with Crippen LogP contribution < -0.4 is 0 Å². The Hall–Kier alpha value is 0.480. The van der Waals surface area contributed by atoms with Crippen LogP contribution in [0.15, 0.2) is 0 Å². The van der Waals surface area contributed by atoms with Gasteiger partial charge in [-0.15, -0.1) is 0 Å². The van der Waals surface area contributed by atoms with E-state index in [1.807, 2.05) is 0 Å². The molecule has 0 atom stereocenters. The van der Waals surface area contributed by atoms with E-state index in [4.69, 9.17) is 10.6 Å². The van der Waals surface area contributed by atoms with E-state index >= 15 is 0 Å². The molecule has 0 aromatic heterocycles. The Morgan fingerprint density at radius 3 is 1.75 bits per heavy atom. The summed E-state index contributed by atoms with van der Waals surface area (Å²) < 4.78 is 0. The van der Waals surface area contributed by atoms with Crippen molar-refractivity contribution in [2.45, 2.75) is 0 Å². The predicted molar refractivity (Wildman–Crippen MR) is 17.0 cm³/mol. The first-order valence-corrected chi connectivity index (χ1v) is 0.383. The summed E-state index contributed by atoms with van der Waals surface area (Å²) in [6.45, 7) is 0. The van der Waals surface area contributed by atoms with Gasteiger partial charge in [-0.05, 0) is 0 Å². The summed E-state index contributed by atoms with van der Waals surface area (Å²) in [4.78, 5) is 0. The van der Waals surface area contributed by atoms with Crippen LogP contribution in [-0.2, 0) is 0 Å². The summed E-state index contributed by atoms with van der Waals surface area (Å²) >= 11 is 0. The fourth-order valence-electron chi connectivity index (χ4n) is 0. The van der Waals surface area contributed by atoms with Crippen LogP contribution in [0.25, 0.3) is 5.14 Å². The van der Waals surface area contributed by atoms with Gasteiger partial charge in [0.1, 0.15) is 0 Å². The van der Waals surface area contributed by atoms with Crippen molar-refractivity contribution in [2.75, 3.05) is 0 Å². The SMILES string of the molecule is N#[N+][O-].[CaH2]. The number of hydrogen-bond acceptors (Lipinski definition) is 2. The van der Waals surface area contributed by atoms with E-state index in [2.05, 4.69) is 0 Å². The Morgan fingerprint density at radius 2 is 1.75 bits per heavy atom. The maximum atomic E-state index is 8.11. The van der Waals surface area contributed by atoms with Gasteiger partial charge in [-0.1, -0.05) is 0 Å². The third-order valence-corrected chi connectivity index (χ3v) is 0. The Bertz CT molecular complexity index is 27.5. The molecule has 3 nitrogen and oxygen atoms in total. The molecule has 0 fully saturated rings. The summed E-state index contributed by atoms with van der Waals surface area (Å²) in [5, 5.41) is 16.0. The fraction of sp³-hybridized carbons (Fsp3) is 0. The van der Waals surface area contributed by atoms with Crippen LogP contribution in [0.4, 0.5) is 0 Å². The first-order valence-electron chi connectivity index (χ1n) is 0.383. The van der Waals surface area contributed by atoms with E-state index in [-0.39, 0.29) is 37.7 Å². The molecule has 0 aliphatic rings. The Labute approximate surface area is 53.2 Å². The van der Waals surface area contributed by atoms with Crippen molar-refractivity contribution in [2.24, 2.45) is 0 Å². The molecule has 0 amide bonds. The summed E-state index contributed by atoms with van der Waals surface area (Å²) in [5.74, 6) is 0. The van der Waals surface area contributed by atoms with Gasteiger partial charge in [0.25, 0.3) is 0 Å². The molecule has 20 valence electrons. The minimum atomic E-state index is 0. The molecule has 0 aromatic rings. The molecule has 0 spiro atoms. The van der Waals surface area contributed by atoms with Crippen LogP contribution in [0, 0.1) is 10.6 Å². The first kappa shape index (κ1) is 8.82. The molecular weight excluding hydrogens is 84.1 g/mol. The molecule has 4 heteroatoms. The number of diazo groups is 1. The molecule has 0 radical (unpaired) electrons. The quantitative estimate of drug-likeness (QED) is 0.225. The van der Waals surface area contributed by atoms with Gasteiger partial charge in [0.05, 0.1) is 0 Å². The third kappa shape index (κ3) is 23.6. The van der Waals surface area contributed by atoms with Crippen molar-refractivity contribution in [3.63, 3.8) is 0 Å². The molecule has 0 unspecified atom stereocenters. The Morgan fingerprint density at radius 1 is 1.75 bits per heavy atom. The van der Waals surface area contributed by atoms with Crippen molar-refractivity contribution < 1.29 is 0 Å². The van der Waals surface area contributed by atoms with Crippen LogP contribution in [-0.4, -0.2) is 37.7 Å². The maximum absolute atomic E-state index is 8.11. The second kappa shape index (κ2) is 9.77. The molecular formula is H2CaN2O. The average Bonchev–Trinajstić information content (AvgIpc) is 0.918. The van der Waals surface area contributed by atoms with Gasteiger partial charge in [-0.2, -0.15) is 0 Å². The van der Waals surface area contributed by atoms with Crippen LogP contribution in [0.1, 0.15) is 0 Å². The first-order chi connectivity index (χ1) is 1.41.